The number of nitrogens with two attached hydrogens (primary N) is 1. The Bertz CT molecular complexity index is 474. The zero-order valence-corrected chi connectivity index (χ0v) is 11.2. The highest BCUT2D eigenvalue weighted by Gasteiger charge is 2.10. The van der Waals surface area contributed by atoms with Crippen LogP contribution in [0.4, 0.5) is 5.69 Å². The van der Waals surface area contributed by atoms with Crippen molar-refractivity contribution in [3.05, 3.63) is 23.2 Å². The first-order valence-corrected chi connectivity index (χ1v) is 7.53. The first-order valence-electron chi connectivity index (χ1n) is 5.33. The van der Waals surface area contributed by atoms with E-state index in [2.05, 4.69) is 0 Å². The minimum atomic E-state index is -3.02. The van der Waals surface area contributed by atoms with Crippen LogP contribution in [0.25, 0.3) is 0 Å². The van der Waals surface area contributed by atoms with Crippen LogP contribution < -0.4 is 10.5 Å². The molecule has 0 spiro atoms. The Morgan fingerprint density at radius 2 is 2.06 bits per heavy atom. The summed E-state index contributed by atoms with van der Waals surface area (Å²) in [4.78, 5) is 0. The smallest absolute Gasteiger partial charge is 0.153 e. The Hall–Kier alpha value is -0.940. The van der Waals surface area contributed by atoms with Gasteiger partial charge in [0, 0.05) is 11.8 Å². The lowest BCUT2D eigenvalue weighted by Gasteiger charge is -2.08. The summed E-state index contributed by atoms with van der Waals surface area (Å²) in [7, 11) is -3.02. The van der Waals surface area contributed by atoms with Gasteiger partial charge in [-0.25, -0.2) is 8.42 Å². The fraction of sp³-hybridized carbons (Fsp3) is 0.455. The SMILES string of the molecule is CCCS(=O)(=O)CCOc1cc(N)ccc1Cl. The molecular formula is C11H16ClNO3S. The predicted octanol–water partition coefficient (Wildman–Crippen LogP) is 2.13. The van der Waals surface area contributed by atoms with Gasteiger partial charge in [0.25, 0.3) is 0 Å². The van der Waals surface area contributed by atoms with Gasteiger partial charge in [-0.2, -0.15) is 0 Å². The molecule has 0 unspecified atom stereocenters. The van der Waals surface area contributed by atoms with Crippen molar-refractivity contribution in [3.63, 3.8) is 0 Å². The van der Waals surface area contributed by atoms with Crippen LogP contribution in [0.2, 0.25) is 5.02 Å². The number of sulfone groups is 1. The second-order valence-electron chi connectivity index (χ2n) is 3.69. The maximum atomic E-state index is 11.4. The molecule has 0 aromatic heterocycles. The van der Waals surface area contributed by atoms with Gasteiger partial charge in [-0.1, -0.05) is 18.5 Å². The second-order valence-corrected chi connectivity index (χ2v) is 6.40. The Morgan fingerprint density at radius 1 is 1.35 bits per heavy atom. The maximum absolute atomic E-state index is 11.4. The molecule has 0 saturated heterocycles. The molecule has 0 saturated carbocycles. The van der Waals surface area contributed by atoms with Crippen molar-refractivity contribution in [2.24, 2.45) is 0 Å². The van der Waals surface area contributed by atoms with Crippen LogP contribution in [0.15, 0.2) is 18.2 Å². The third-order valence-electron chi connectivity index (χ3n) is 2.12. The van der Waals surface area contributed by atoms with E-state index >= 15 is 0 Å². The molecule has 17 heavy (non-hydrogen) atoms. The van der Waals surface area contributed by atoms with Gasteiger partial charge in [0.15, 0.2) is 9.84 Å². The third-order valence-corrected chi connectivity index (χ3v) is 4.25. The summed E-state index contributed by atoms with van der Waals surface area (Å²) < 4.78 is 28.2. The highest BCUT2D eigenvalue weighted by Crippen LogP contribution is 2.26. The molecule has 0 aliphatic heterocycles. The number of anilines is 1. The molecule has 0 radical (unpaired) electrons. The molecular weight excluding hydrogens is 262 g/mol. The van der Waals surface area contributed by atoms with Gasteiger partial charge >= 0.3 is 0 Å². The van der Waals surface area contributed by atoms with Crippen molar-refractivity contribution in [2.75, 3.05) is 23.8 Å². The van der Waals surface area contributed by atoms with Crippen LogP contribution in [0, 0.1) is 0 Å². The van der Waals surface area contributed by atoms with E-state index < -0.39 is 9.84 Å². The summed E-state index contributed by atoms with van der Waals surface area (Å²) in [6, 6.07) is 4.85. The highest BCUT2D eigenvalue weighted by molar-refractivity contribution is 7.91. The lowest BCUT2D eigenvalue weighted by Crippen LogP contribution is -2.16. The molecule has 6 heteroatoms. The Balaban J connectivity index is 2.54. The van der Waals surface area contributed by atoms with E-state index in [-0.39, 0.29) is 18.1 Å². The Labute approximate surface area is 107 Å². The minimum absolute atomic E-state index is 0.00797. The number of benzene rings is 1. The molecule has 0 aliphatic carbocycles. The molecule has 1 rings (SSSR count). The quantitative estimate of drug-likeness (QED) is 0.809. The summed E-state index contributed by atoms with van der Waals surface area (Å²) >= 11 is 5.88. The van der Waals surface area contributed by atoms with E-state index in [9.17, 15) is 8.42 Å². The van der Waals surface area contributed by atoms with Crippen LogP contribution in [0.5, 0.6) is 5.75 Å². The van der Waals surface area contributed by atoms with Crippen LogP contribution >= 0.6 is 11.6 Å². The van der Waals surface area contributed by atoms with Gasteiger partial charge in [-0.05, 0) is 18.6 Å². The van der Waals surface area contributed by atoms with Gasteiger partial charge in [-0.3, -0.25) is 0 Å². The van der Waals surface area contributed by atoms with Gasteiger partial charge < -0.3 is 10.5 Å². The lowest BCUT2D eigenvalue weighted by molar-refractivity contribution is 0.341. The van der Waals surface area contributed by atoms with Gasteiger partial charge in [0.2, 0.25) is 0 Å². The highest BCUT2D eigenvalue weighted by atomic mass is 35.5. The van der Waals surface area contributed by atoms with E-state index in [0.717, 1.165) is 0 Å². The van der Waals surface area contributed by atoms with Crippen LogP contribution in [0.1, 0.15) is 13.3 Å². The molecule has 0 amide bonds. The molecule has 0 atom stereocenters. The molecule has 1 aromatic carbocycles. The Kier molecular flexibility index (Phi) is 5.08. The van der Waals surface area contributed by atoms with Crippen molar-refractivity contribution in [3.8, 4) is 5.75 Å². The minimum Gasteiger partial charge on any atom is -0.491 e. The summed E-state index contributed by atoms with van der Waals surface area (Å²) in [5, 5.41) is 0.423. The van der Waals surface area contributed by atoms with E-state index in [1.54, 1.807) is 18.2 Å². The standard InChI is InChI=1S/C11H16ClNO3S/c1-2-6-17(14,15)7-5-16-11-8-9(13)3-4-10(11)12/h3-4,8H,2,5-7,13H2,1H3. The van der Waals surface area contributed by atoms with E-state index in [1.807, 2.05) is 6.92 Å². The number of halogens is 1. The van der Waals surface area contributed by atoms with E-state index in [0.29, 0.717) is 22.9 Å². The average Bonchev–Trinajstić information content (AvgIpc) is 2.23. The zero-order chi connectivity index (χ0) is 12.9. The zero-order valence-electron chi connectivity index (χ0n) is 9.65. The van der Waals surface area contributed by atoms with Crippen LogP contribution in [0.3, 0.4) is 0 Å². The molecule has 4 nitrogen and oxygen atoms in total. The second kappa shape index (κ2) is 6.12. The van der Waals surface area contributed by atoms with Crippen LogP contribution in [-0.4, -0.2) is 26.5 Å². The van der Waals surface area contributed by atoms with Crippen molar-refractivity contribution < 1.29 is 13.2 Å². The largest absolute Gasteiger partial charge is 0.491 e. The van der Waals surface area contributed by atoms with E-state index in [4.69, 9.17) is 22.1 Å². The number of hydrogen-bond acceptors (Lipinski definition) is 4. The molecule has 0 bridgehead atoms. The van der Waals surface area contributed by atoms with Gasteiger partial charge in [-0.15, -0.1) is 0 Å². The number of rotatable bonds is 6. The number of hydrogen-bond donors (Lipinski definition) is 1. The van der Waals surface area contributed by atoms with Crippen molar-refractivity contribution in [1.82, 2.24) is 0 Å². The van der Waals surface area contributed by atoms with E-state index in [1.165, 1.54) is 0 Å². The average molecular weight is 278 g/mol. The summed E-state index contributed by atoms with van der Waals surface area (Å²) in [5.74, 6) is 0.589. The summed E-state index contributed by atoms with van der Waals surface area (Å²) in [6.45, 7) is 1.92. The molecule has 0 fully saturated rings. The fourth-order valence-electron chi connectivity index (χ4n) is 1.32. The van der Waals surface area contributed by atoms with Gasteiger partial charge in [0.1, 0.15) is 12.4 Å². The molecule has 0 aliphatic rings. The monoisotopic (exact) mass is 277 g/mol. The van der Waals surface area contributed by atoms with Crippen molar-refractivity contribution >= 4 is 27.1 Å². The topological polar surface area (TPSA) is 69.4 Å². The third kappa shape index (κ3) is 4.83. The first kappa shape index (κ1) is 14.1. The first-order chi connectivity index (χ1) is 7.94. The molecule has 96 valence electrons. The summed E-state index contributed by atoms with van der Waals surface area (Å²) in [6.07, 6.45) is 0.612. The summed E-state index contributed by atoms with van der Waals surface area (Å²) in [5.41, 5.74) is 6.10. The number of nitrogen functional groups attached to an aromatic ring is 1. The fourth-order valence-corrected chi connectivity index (χ4v) is 2.66. The van der Waals surface area contributed by atoms with Gasteiger partial charge in [0.05, 0.1) is 16.5 Å². The molecule has 2 N–H and O–H groups in total. The normalized spacial score (nSPS) is 11.4. The van der Waals surface area contributed by atoms with Crippen molar-refractivity contribution in [2.45, 2.75) is 13.3 Å². The molecule has 1 aromatic rings. The molecule has 0 heterocycles. The van der Waals surface area contributed by atoms with Crippen molar-refractivity contribution in [1.29, 1.82) is 0 Å². The Morgan fingerprint density at radius 3 is 2.71 bits per heavy atom. The lowest BCUT2D eigenvalue weighted by atomic mass is 10.3. The van der Waals surface area contributed by atoms with Crippen LogP contribution in [-0.2, 0) is 9.84 Å². The predicted molar refractivity (Wildman–Crippen MR) is 70.3 cm³/mol. The maximum Gasteiger partial charge on any atom is 0.153 e. The number of ether oxygens (including phenoxy) is 1.